The van der Waals surface area contributed by atoms with Crippen molar-refractivity contribution in [2.75, 3.05) is 7.11 Å². The molecule has 0 aromatic heterocycles. The second kappa shape index (κ2) is 10.2. The van der Waals surface area contributed by atoms with Gasteiger partial charge in [0.25, 0.3) is 10.1 Å². The minimum absolute atomic E-state index is 0.0634. The second-order valence-electron chi connectivity index (χ2n) is 9.38. The van der Waals surface area contributed by atoms with Crippen molar-refractivity contribution in [2.24, 2.45) is 0 Å². The van der Waals surface area contributed by atoms with E-state index in [2.05, 4.69) is 45.0 Å². The highest BCUT2D eigenvalue weighted by atomic mass is 32.2. The van der Waals surface area contributed by atoms with Gasteiger partial charge in [0.1, 0.15) is 22.1 Å². The Bertz CT molecular complexity index is 1650. The molecule has 4 aromatic rings. The van der Waals surface area contributed by atoms with Crippen molar-refractivity contribution in [3.63, 3.8) is 0 Å². The molecule has 38 heavy (non-hydrogen) atoms. The first kappa shape index (κ1) is 27.4. The lowest BCUT2D eigenvalue weighted by Crippen LogP contribution is -2.18. The zero-order valence-electron chi connectivity index (χ0n) is 21.4. The molecule has 4 aromatic carbocycles. The van der Waals surface area contributed by atoms with Crippen LogP contribution in [-0.2, 0) is 25.4 Å². The summed E-state index contributed by atoms with van der Waals surface area (Å²) in [5.41, 5.74) is 3.34. The minimum Gasteiger partial charge on any atom is -0.495 e. The lowest BCUT2D eigenvalue weighted by molar-refractivity contribution is 0.397. The van der Waals surface area contributed by atoms with E-state index in [1.54, 1.807) is 0 Å². The fraction of sp³-hybridized carbons (Fsp3) is 0.172. The molecule has 0 atom stereocenters. The summed E-state index contributed by atoms with van der Waals surface area (Å²) in [6.07, 6.45) is 0. The quantitative estimate of drug-likeness (QED) is 0.259. The maximum atomic E-state index is 13.1. The van der Waals surface area contributed by atoms with Crippen molar-refractivity contribution in [3.05, 3.63) is 108 Å². The molecule has 0 bridgehead atoms. The average Bonchev–Trinajstić information content (AvgIpc) is 2.88. The third kappa shape index (κ3) is 5.60. The van der Waals surface area contributed by atoms with Crippen molar-refractivity contribution in [3.8, 4) is 17.2 Å². The Morgan fingerprint density at radius 3 is 1.66 bits per heavy atom. The first-order valence-electron chi connectivity index (χ1n) is 11.7. The van der Waals surface area contributed by atoms with E-state index in [1.807, 2.05) is 24.3 Å². The average molecular weight is 553 g/mol. The summed E-state index contributed by atoms with van der Waals surface area (Å²) in [7, 11) is -7.55. The molecule has 7 nitrogen and oxygen atoms in total. The first-order valence-corrected chi connectivity index (χ1v) is 14.6. The van der Waals surface area contributed by atoms with E-state index in [4.69, 9.17) is 9.47 Å². The third-order valence-corrected chi connectivity index (χ3v) is 9.08. The van der Waals surface area contributed by atoms with Gasteiger partial charge in [-0.2, -0.15) is 8.42 Å². The Morgan fingerprint density at radius 1 is 0.684 bits per heavy atom. The second-order valence-corrected chi connectivity index (χ2v) is 12.7. The number of hydrogen-bond acceptors (Lipinski definition) is 6. The van der Waals surface area contributed by atoms with Gasteiger partial charge in [0.2, 0.25) is 9.84 Å². The number of sulfone groups is 1. The maximum absolute atomic E-state index is 13.1. The van der Waals surface area contributed by atoms with Gasteiger partial charge in [0.05, 0.1) is 16.9 Å². The lowest BCUT2D eigenvalue weighted by atomic mass is 9.78. The summed E-state index contributed by atoms with van der Waals surface area (Å²) in [5, 5.41) is 0. The van der Waals surface area contributed by atoms with E-state index in [0.29, 0.717) is 11.5 Å². The molecule has 9 heteroatoms. The van der Waals surface area contributed by atoms with Gasteiger partial charge in [0, 0.05) is 5.41 Å². The van der Waals surface area contributed by atoms with Gasteiger partial charge in [-0.15, -0.1) is 0 Å². The van der Waals surface area contributed by atoms with Gasteiger partial charge in [-0.3, -0.25) is 4.55 Å². The molecule has 0 amide bonds. The van der Waals surface area contributed by atoms with Gasteiger partial charge in [-0.05, 0) is 72.6 Å². The van der Waals surface area contributed by atoms with Crippen LogP contribution >= 0.6 is 0 Å². The SMILES string of the molecule is COc1ccc(S(=O)(=O)c2ccc(Oc3ccc(C(C)(C)c4ccc(C)cc4)cc3)cc2)cc1S(=O)(=O)O. The van der Waals surface area contributed by atoms with Gasteiger partial charge in [-0.1, -0.05) is 55.8 Å². The standard InChI is InChI=1S/C29H28O7S2/c1-20-5-7-21(8-6-20)29(2,3)22-9-11-23(12-10-22)36-24-13-15-25(16-14-24)37(30,31)26-17-18-27(35-4)28(19-26)38(32,33)34/h5-19H,1-4H3,(H,32,33,34). The fourth-order valence-corrected chi connectivity index (χ4v) is 6.10. The number of benzene rings is 4. The number of hydrogen-bond donors (Lipinski definition) is 1. The Labute approximate surface area is 223 Å². The zero-order valence-corrected chi connectivity index (χ0v) is 23.0. The normalized spacial score (nSPS) is 12.2. The molecule has 0 saturated carbocycles. The van der Waals surface area contributed by atoms with Crippen LogP contribution in [0.25, 0.3) is 0 Å². The molecule has 1 N–H and O–H groups in total. The molecule has 4 rings (SSSR count). The smallest absolute Gasteiger partial charge is 0.298 e. The first-order chi connectivity index (χ1) is 17.8. The summed E-state index contributed by atoms with van der Waals surface area (Å²) >= 11 is 0. The molecular weight excluding hydrogens is 524 g/mol. The molecule has 198 valence electrons. The summed E-state index contributed by atoms with van der Waals surface area (Å²) in [6, 6.07) is 25.2. The van der Waals surface area contributed by atoms with Crippen LogP contribution in [0.2, 0.25) is 0 Å². The molecule has 0 spiro atoms. The van der Waals surface area contributed by atoms with E-state index in [1.165, 1.54) is 54.6 Å². The van der Waals surface area contributed by atoms with Crippen molar-refractivity contribution < 1.29 is 30.9 Å². The molecule has 0 aliphatic rings. The van der Waals surface area contributed by atoms with Crippen LogP contribution in [0.4, 0.5) is 0 Å². The van der Waals surface area contributed by atoms with Crippen molar-refractivity contribution in [2.45, 2.75) is 40.9 Å². The highest BCUT2D eigenvalue weighted by molar-refractivity contribution is 7.91. The Hall–Kier alpha value is -3.66. The Balaban J connectivity index is 1.53. The van der Waals surface area contributed by atoms with Crippen LogP contribution in [-0.4, -0.2) is 28.5 Å². The van der Waals surface area contributed by atoms with Crippen molar-refractivity contribution in [1.29, 1.82) is 0 Å². The predicted octanol–water partition coefficient (Wildman–Crippen LogP) is 6.20. The molecule has 0 fully saturated rings. The maximum Gasteiger partial charge on any atom is 0.298 e. The largest absolute Gasteiger partial charge is 0.495 e. The van der Waals surface area contributed by atoms with Gasteiger partial charge >= 0.3 is 0 Å². The van der Waals surface area contributed by atoms with Gasteiger partial charge in [0.15, 0.2) is 0 Å². The lowest BCUT2D eigenvalue weighted by Gasteiger charge is -2.26. The Morgan fingerprint density at radius 2 is 1.16 bits per heavy atom. The summed E-state index contributed by atoms with van der Waals surface area (Å²) < 4.78 is 69.8. The molecule has 0 aliphatic heterocycles. The van der Waals surface area contributed by atoms with Crippen LogP contribution in [0.15, 0.2) is 106 Å². The number of rotatable bonds is 8. The van der Waals surface area contributed by atoms with Gasteiger partial charge in [-0.25, -0.2) is 8.42 Å². The molecule has 0 saturated heterocycles. The van der Waals surface area contributed by atoms with Crippen LogP contribution in [0.5, 0.6) is 17.2 Å². The topological polar surface area (TPSA) is 107 Å². The van der Waals surface area contributed by atoms with Gasteiger partial charge < -0.3 is 9.47 Å². The van der Waals surface area contributed by atoms with E-state index in [-0.39, 0.29) is 21.0 Å². The molecule has 0 unspecified atom stereocenters. The Kier molecular flexibility index (Phi) is 7.38. The van der Waals surface area contributed by atoms with E-state index >= 15 is 0 Å². The van der Waals surface area contributed by atoms with Crippen LogP contribution in [0, 0.1) is 6.92 Å². The molecule has 0 aliphatic carbocycles. The minimum atomic E-state index is -4.69. The highest BCUT2D eigenvalue weighted by Gasteiger charge is 2.25. The van der Waals surface area contributed by atoms with Crippen LogP contribution < -0.4 is 9.47 Å². The highest BCUT2D eigenvalue weighted by Crippen LogP contribution is 2.34. The predicted molar refractivity (Wildman–Crippen MR) is 145 cm³/mol. The fourth-order valence-electron chi connectivity index (χ4n) is 4.06. The van der Waals surface area contributed by atoms with Crippen molar-refractivity contribution in [1.82, 2.24) is 0 Å². The molecular formula is C29H28O7S2. The summed E-state index contributed by atoms with van der Waals surface area (Å²) in [4.78, 5) is -0.993. The zero-order chi connectivity index (χ0) is 27.7. The third-order valence-electron chi connectivity index (χ3n) is 6.44. The monoisotopic (exact) mass is 552 g/mol. The molecule has 0 heterocycles. The summed E-state index contributed by atoms with van der Waals surface area (Å²) in [6.45, 7) is 6.38. The van der Waals surface area contributed by atoms with E-state index in [9.17, 15) is 21.4 Å². The van der Waals surface area contributed by atoms with E-state index in [0.717, 1.165) is 11.6 Å². The van der Waals surface area contributed by atoms with Crippen molar-refractivity contribution >= 4 is 20.0 Å². The molecule has 0 radical (unpaired) electrons. The number of ether oxygens (including phenoxy) is 2. The van der Waals surface area contributed by atoms with E-state index < -0.39 is 24.9 Å². The number of aryl methyl sites for hydroxylation is 1. The van der Waals surface area contributed by atoms with Crippen LogP contribution in [0.1, 0.15) is 30.5 Å². The number of methoxy groups -OCH3 is 1. The summed E-state index contributed by atoms with van der Waals surface area (Å²) in [5.74, 6) is 0.864. The van der Waals surface area contributed by atoms with Crippen LogP contribution in [0.3, 0.4) is 0 Å².